The number of rotatable bonds is 4. The minimum absolute atomic E-state index is 0.120. The van der Waals surface area contributed by atoms with Crippen molar-refractivity contribution < 1.29 is 24.4 Å². The van der Waals surface area contributed by atoms with E-state index in [1.807, 2.05) is 20.8 Å². The lowest BCUT2D eigenvalue weighted by atomic mass is 9.45. The molecule has 0 aliphatic carbocycles. The van der Waals surface area contributed by atoms with E-state index in [9.17, 15) is 10.2 Å². The number of aliphatic hydroxyl groups is 2. The summed E-state index contributed by atoms with van der Waals surface area (Å²) in [7, 11) is 0. The predicted molar refractivity (Wildman–Crippen MR) is 134 cm³/mol. The third-order valence-electron chi connectivity index (χ3n) is 12.8. The summed E-state index contributed by atoms with van der Waals surface area (Å²) in [5.41, 5.74) is -5.03. The van der Waals surface area contributed by atoms with E-state index >= 15 is 0 Å². The van der Waals surface area contributed by atoms with Crippen LogP contribution in [0.3, 0.4) is 0 Å². The van der Waals surface area contributed by atoms with Crippen LogP contribution in [0.5, 0.6) is 0 Å². The number of ether oxygens (including phenoxy) is 3. The van der Waals surface area contributed by atoms with Crippen molar-refractivity contribution in [1.29, 1.82) is 0 Å². The van der Waals surface area contributed by atoms with E-state index in [0.717, 1.165) is 0 Å². The molecule has 0 amide bonds. The van der Waals surface area contributed by atoms with Crippen molar-refractivity contribution in [2.45, 2.75) is 139 Å². The van der Waals surface area contributed by atoms with Gasteiger partial charge in [-0.05, 0) is 47.0 Å². The Morgan fingerprint density at radius 2 is 0.909 bits per heavy atom. The van der Waals surface area contributed by atoms with Crippen LogP contribution in [0.2, 0.25) is 0 Å². The summed E-state index contributed by atoms with van der Waals surface area (Å²) in [6.45, 7) is 34.0. The van der Waals surface area contributed by atoms with Crippen LogP contribution < -0.4 is 0 Å². The summed E-state index contributed by atoms with van der Waals surface area (Å²) in [5.74, 6) is -1.08. The average Bonchev–Trinajstić information content (AvgIpc) is 2.64. The first-order chi connectivity index (χ1) is 14.2. The second-order valence-corrected chi connectivity index (χ2v) is 14.7. The molecule has 2 N–H and O–H groups in total. The molecule has 5 nitrogen and oxygen atoms in total. The van der Waals surface area contributed by atoms with Crippen molar-refractivity contribution in [3.05, 3.63) is 0 Å². The Bertz CT molecular complexity index is 779. The molecule has 0 saturated carbocycles. The second-order valence-electron chi connectivity index (χ2n) is 14.7. The van der Waals surface area contributed by atoms with Gasteiger partial charge in [0.1, 0.15) is 11.2 Å². The maximum absolute atomic E-state index is 10.7. The first kappa shape index (κ1) is 29.0. The molecule has 4 atom stereocenters. The monoisotopic (exact) mass is 470 g/mol. The fourth-order valence-corrected chi connectivity index (χ4v) is 6.68. The molecule has 0 spiro atoms. The Balaban J connectivity index is 2.81. The molecule has 2 aliphatic heterocycles. The SMILES string of the molecule is CC1(C)OC(C)(CO)[C@@](C)(O[C@@]2(C)OC(C)(CO)C(C)(C)C(C)(C)C2(C)C)C(C)(C)C1(C)C. The number of hydrogen-bond acceptors (Lipinski definition) is 5. The molecule has 2 aliphatic rings. The van der Waals surface area contributed by atoms with Gasteiger partial charge in [-0.2, -0.15) is 0 Å². The summed E-state index contributed by atoms with van der Waals surface area (Å²) in [6, 6.07) is 0. The Morgan fingerprint density at radius 1 is 0.485 bits per heavy atom. The second kappa shape index (κ2) is 7.18. The van der Waals surface area contributed by atoms with Crippen molar-refractivity contribution in [3.8, 4) is 0 Å². The molecule has 5 heteroatoms. The average molecular weight is 471 g/mol. The Morgan fingerprint density at radius 3 is 1.30 bits per heavy atom. The summed E-state index contributed by atoms with van der Waals surface area (Å²) >= 11 is 0. The van der Waals surface area contributed by atoms with Gasteiger partial charge in [0.2, 0.25) is 0 Å². The lowest BCUT2D eigenvalue weighted by Crippen LogP contribution is -2.81. The van der Waals surface area contributed by atoms with Crippen molar-refractivity contribution in [2.24, 2.45) is 27.1 Å². The molecule has 2 heterocycles. The van der Waals surface area contributed by atoms with Crippen LogP contribution in [-0.2, 0) is 14.2 Å². The van der Waals surface area contributed by atoms with Gasteiger partial charge in [0.05, 0.1) is 24.4 Å². The quantitative estimate of drug-likeness (QED) is 0.531. The Hall–Kier alpha value is -0.200. The normalized spacial score (nSPS) is 44.9. The summed E-state index contributed by atoms with van der Waals surface area (Å²) in [5, 5.41) is 21.3. The van der Waals surface area contributed by atoms with E-state index in [4.69, 9.17) is 14.2 Å². The van der Waals surface area contributed by atoms with Crippen LogP contribution >= 0.6 is 0 Å². The fourth-order valence-electron chi connectivity index (χ4n) is 6.68. The Labute approximate surface area is 204 Å². The van der Waals surface area contributed by atoms with Crippen LogP contribution in [-0.4, -0.2) is 51.6 Å². The molecule has 196 valence electrons. The first-order valence-corrected chi connectivity index (χ1v) is 12.6. The number of aliphatic hydroxyl groups excluding tert-OH is 2. The van der Waals surface area contributed by atoms with Crippen molar-refractivity contribution in [2.75, 3.05) is 13.2 Å². The van der Waals surface area contributed by atoms with E-state index in [2.05, 4.69) is 90.0 Å². The fraction of sp³-hybridized carbons (Fsp3) is 1.00. The zero-order valence-electron chi connectivity index (χ0n) is 24.5. The molecule has 2 rings (SSSR count). The highest BCUT2D eigenvalue weighted by molar-refractivity contribution is 5.21. The van der Waals surface area contributed by atoms with Gasteiger partial charge in [-0.25, -0.2) is 0 Å². The molecule has 2 saturated heterocycles. The maximum Gasteiger partial charge on any atom is 0.172 e. The largest absolute Gasteiger partial charge is 0.393 e. The van der Waals surface area contributed by atoms with Crippen molar-refractivity contribution in [3.63, 3.8) is 0 Å². The van der Waals surface area contributed by atoms with Crippen LogP contribution in [0, 0.1) is 27.1 Å². The molecular weight excluding hydrogens is 416 g/mol. The summed E-state index contributed by atoms with van der Waals surface area (Å²) < 4.78 is 20.9. The molecule has 2 fully saturated rings. The minimum Gasteiger partial charge on any atom is -0.393 e. The molecule has 0 aromatic heterocycles. The summed E-state index contributed by atoms with van der Waals surface area (Å²) in [4.78, 5) is 0. The highest BCUT2D eigenvalue weighted by atomic mass is 16.7. The van der Waals surface area contributed by atoms with E-state index < -0.39 is 39.0 Å². The van der Waals surface area contributed by atoms with Gasteiger partial charge in [-0.15, -0.1) is 0 Å². The highest BCUT2D eigenvalue weighted by Crippen LogP contribution is 2.70. The molecule has 0 aromatic rings. The third-order valence-corrected chi connectivity index (χ3v) is 12.8. The topological polar surface area (TPSA) is 68.2 Å². The Kier molecular flexibility index (Phi) is 6.32. The van der Waals surface area contributed by atoms with Gasteiger partial charge in [0.25, 0.3) is 0 Å². The highest BCUT2D eigenvalue weighted by Gasteiger charge is 2.75. The predicted octanol–water partition coefficient (Wildman–Crippen LogP) is 5.95. The van der Waals surface area contributed by atoms with Gasteiger partial charge in [0, 0.05) is 21.7 Å². The standard InChI is InChI=1S/C28H54O5/c1-19(2)21(5,6)25(13,17-29)32-28(16,23(19,9)10)33-27(15)22(7,8)20(3,4)24(11,12)31-26(27,14)18-30/h29-30H,17-18H2,1-16H3/t25?,26?,27-,28+/m0/s1. The van der Waals surface area contributed by atoms with Crippen molar-refractivity contribution in [1.82, 2.24) is 0 Å². The molecule has 33 heavy (non-hydrogen) atoms. The van der Waals surface area contributed by atoms with Gasteiger partial charge in [-0.3, -0.25) is 0 Å². The van der Waals surface area contributed by atoms with E-state index in [0.29, 0.717) is 0 Å². The van der Waals surface area contributed by atoms with E-state index in [1.165, 1.54) is 0 Å². The minimum atomic E-state index is -1.08. The molecule has 0 radical (unpaired) electrons. The van der Waals surface area contributed by atoms with Gasteiger partial charge in [-0.1, -0.05) is 69.2 Å². The van der Waals surface area contributed by atoms with Gasteiger partial charge in [0.15, 0.2) is 5.79 Å². The third kappa shape index (κ3) is 3.08. The molecule has 0 aromatic carbocycles. The van der Waals surface area contributed by atoms with Crippen LogP contribution in [0.25, 0.3) is 0 Å². The van der Waals surface area contributed by atoms with Gasteiger partial charge >= 0.3 is 0 Å². The van der Waals surface area contributed by atoms with Crippen LogP contribution in [0.4, 0.5) is 0 Å². The van der Waals surface area contributed by atoms with Crippen molar-refractivity contribution >= 4 is 0 Å². The van der Waals surface area contributed by atoms with E-state index in [-0.39, 0.29) is 29.5 Å². The van der Waals surface area contributed by atoms with E-state index in [1.54, 1.807) is 0 Å². The lowest BCUT2D eigenvalue weighted by Gasteiger charge is -2.74. The maximum atomic E-state index is 10.7. The number of hydrogen-bond donors (Lipinski definition) is 2. The molecular formula is C28H54O5. The smallest absolute Gasteiger partial charge is 0.172 e. The van der Waals surface area contributed by atoms with Gasteiger partial charge < -0.3 is 24.4 Å². The van der Waals surface area contributed by atoms with Crippen LogP contribution in [0.1, 0.15) is 111 Å². The lowest BCUT2D eigenvalue weighted by molar-refractivity contribution is -0.478. The molecule has 2 unspecified atom stereocenters. The zero-order chi connectivity index (χ0) is 26.5. The van der Waals surface area contributed by atoms with Crippen LogP contribution in [0.15, 0.2) is 0 Å². The molecule has 0 bridgehead atoms. The first-order valence-electron chi connectivity index (χ1n) is 12.6. The zero-order valence-corrected chi connectivity index (χ0v) is 24.5. The summed E-state index contributed by atoms with van der Waals surface area (Å²) in [6.07, 6.45) is 0.